The summed E-state index contributed by atoms with van der Waals surface area (Å²) in [5.74, 6) is 0.716. The molecule has 0 radical (unpaired) electrons. The predicted octanol–water partition coefficient (Wildman–Crippen LogP) is 2.70. The molecule has 0 spiro atoms. The van der Waals surface area contributed by atoms with Gasteiger partial charge in [-0.1, -0.05) is 0 Å². The average molecular weight is 315 g/mol. The second kappa shape index (κ2) is 6.29. The van der Waals surface area contributed by atoms with Crippen LogP contribution in [-0.4, -0.2) is 30.4 Å². The number of allylic oxidation sites excluding steroid dienone is 1. The fourth-order valence-electron chi connectivity index (χ4n) is 1.24. The SMILES string of the molecule is CO/C(O[Si](C)(C)C)=C(\C)[Se]c1ccccc1. The molecule has 0 aliphatic carbocycles. The number of hydrogen-bond acceptors (Lipinski definition) is 2. The fraction of sp³-hybridized carbons (Fsp3) is 0.385. The van der Waals surface area contributed by atoms with Crippen molar-refractivity contribution in [2.75, 3.05) is 7.11 Å². The molecule has 0 atom stereocenters. The van der Waals surface area contributed by atoms with Gasteiger partial charge in [0.25, 0.3) is 0 Å². The molecule has 1 aromatic rings. The van der Waals surface area contributed by atoms with Crippen molar-refractivity contribution in [3.63, 3.8) is 0 Å². The Bertz CT molecular complexity index is 382. The number of rotatable bonds is 5. The van der Waals surface area contributed by atoms with Gasteiger partial charge in [0.2, 0.25) is 0 Å². The third-order valence-electron chi connectivity index (χ3n) is 1.89. The topological polar surface area (TPSA) is 18.5 Å². The number of methoxy groups -OCH3 is 1. The van der Waals surface area contributed by atoms with Gasteiger partial charge in [0.15, 0.2) is 0 Å². The van der Waals surface area contributed by atoms with E-state index in [4.69, 9.17) is 9.16 Å². The van der Waals surface area contributed by atoms with Crippen LogP contribution in [0.1, 0.15) is 6.92 Å². The molecule has 0 saturated heterocycles. The van der Waals surface area contributed by atoms with Gasteiger partial charge in [-0.25, -0.2) is 0 Å². The van der Waals surface area contributed by atoms with E-state index in [-0.39, 0.29) is 15.0 Å². The van der Waals surface area contributed by atoms with Crippen molar-refractivity contribution in [1.82, 2.24) is 0 Å². The van der Waals surface area contributed by atoms with Crippen molar-refractivity contribution in [2.45, 2.75) is 26.6 Å². The van der Waals surface area contributed by atoms with Gasteiger partial charge in [-0.05, 0) is 0 Å². The van der Waals surface area contributed by atoms with Crippen LogP contribution in [0.5, 0.6) is 0 Å². The van der Waals surface area contributed by atoms with Crippen LogP contribution in [0, 0.1) is 0 Å². The van der Waals surface area contributed by atoms with Crippen LogP contribution in [0.2, 0.25) is 19.6 Å². The molecule has 0 aliphatic heterocycles. The van der Waals surface area contributed by atoms with E-state index >= 15 is 0 Å². The molecule has 0 saturated carbocycles. The van der Waals surface area contributed by atoms with Crippen molar-refractivity contribution in [3.05, 3.63) is 40.7 Å². The Morgan fingerprint density at radius 1 is 1.12 bits per heavy atom. The van der Waals surface area contributed by atoms with Crippen molar-refractivity contribution in [1.29, 1.82) is 0 Å². The van der Waals surface area contributed by atoms with E-state index in [2.05, 4.69) is 50.8 Å². The van der Waals surface area contributed by atoms with Gasteiger partial charge >= 0.3 is 111 Å². The summed E-state index contributed by atoms with van der Waals surface area (Å²) in [6, 6.07) is 10.5. The Balaban J connectivity index is 2.80. The summed E-state index contributed by atoms with van der Waals surface area (Å²) < 4.78 is 13.8. The van der Waals surface area contributed by atoms with Crippen LogP contribution >= 0.6 is 0 Å². The second-order valence-corrected chi connectivity index (χ2v) is 11.8. The molecule has 1 aromatic carbocycles. The summed E-state index contributed by atoms with van der Waals surface area (Å²) in [4.78, 5) is 0. The van der Waals surface area contributed by atoms with Gasteiger partial charge in [0.05, 0.1) is 0 Å². The van der Waals surface area contributed by atoms with E-state index in [1.165, 1.54) is 8.93 Å². The summed E-state index contributed by atoms with van der Waals surface area (Å²) in [7, 11) is 0.0865. The molecule has 0 aromatic heterocycles. The molecule has 0 aliphatic rings. The molecule has 0 N–H and O–H groups in total. The maximum atomic E-state index is 5.93. The van der Waals surface area contributed by atoms with E-state index in [1.807, 2.05) is 6.07 Å². The third-order valence-corrected chi connectivity index (χ3v) is 4.74. The normalized spacial score (nSPS) is 13.0. The molecule has 0 heterocycles. The molecular formula is C13H20O2SeSi. The van der Waals surface area contributed by atoms with Crippen molar-refractivity contribution >= 4 is 27.7 Å². The van der Waals surface area contributed by atoms with Crippen LogP contribution in [0.25, 0.3) is 0 Å². The quantitative estimate of drug-likeness (QED) is 0.614. The Hall–Kier alpha value is -0.704. The van der Waals surface area contributed by atoms with E-state index in [9.17, 15) is 0 Å². The summed E-state index contributed by atoms with van der Waals surface area (Å²) in [6.45, 7) is 8.57. The van der Waals surface area contributed by atoms with E-state index in [0.717, 1.165) is 0 Å². The van der Waals surface area contributed by atoms with Crippen LogP contribution < -0.4 is 4.46 Å². The minimum absolute atomic E-state index is 0.270. The van der Waals surface area contributed by atoms with Crippen molar-refractivity contribution < 1.29 is 9.16 Å². The van der Waals surface area contributed by atoms with Gasteiger partial charge in [0.1, 0.15) is 0 Å². The minimum atomic E-state index is -1.59. The van der Waals surface area contributed by atoms with Crippen LogP contribution in [0.3, 0.4) is 0 Å². The van der Waals surface area contributed by atoms with Gasteiger partial charge in [0, 0.05) is 0 Å². The molecule has 4 heteroatoms. The van der Waals surface area contributed by atoms with E-state index < -0.39 is 8.32 Å². The van der Waals surface area contributed by atoms with Gasteiger partial charge in [-0.15, -0.1) is 0 Å². The average Bonchev–Trinajstić information content (AvgIpc) is 2.26. The van der Waals surface area contributed by atoms with Crippen molar-refractivity contribution in [3.8, 4) is 0 Å². The van der Waals surface area contributed by atoms with Crippen molar-refractivity contribution in [2.24, 2.45) is 0 Å². The zero-order valence-corrected chi connectivity index (χ0v) is 13.8. The second-order valence-electron chi connectivity index (χ2n) is 4.68. The summed E-state index contributed by atoms with van der Waals surface area (Å²) in [6.07, 6.45) is 0. The zero-order valence-electron chi connectivity index (χ0n) is 11.1. The molecule has 0 bridgehead atoms. The molecule has 0 amide bonds. The van der Waals surface area contributed by atoms with Crippen LogP contribution in [-0.2, 0) is 9.16 Å². The van der Waals surface area contributed by atoms with E-state index in [1.54, 1.807) is 7.11 Å². The number of benzene rings is 1. The molecule has 0 unspecified atom stereocenters. The summed E-state index contributed by atoms with van der Waals surface area (Å²) in [5.41, 5.74) is 0. The number of ether oxygens (including phenoxy) is 1. The summed E-state index contributed by atoms with van der Waals surface area (Å²) in [5, 5.41) is 0. The monoisotopic (exact) mass is 316 g/mol. The fourth-order valence-corrected chi connectivity index (χ4v) is 3.99. The molecule has 0 fully saturated rings. The first-order valence-electron chi connectivity index (χ1n) is 5.59. The molecule has 1 rings (SSSR count). The third kappa shape index (κ3) is 5.44. The predicted molar refractivity (Wildman–Crippen MR) is 76.0 cm³/mol. The maximum absolute atomic E-state index is 5.93. The first kappa shape index (κ1) is 14.4. The van der Waals surface area contributed by atoms with Gasteiger partial charge in [-0.2, -0.15) is 0 Å². The Morgan fingerprint density at radius 3 is 2.18 bits per heavy atom. The zero-order chi connectivity index (χ0) is 12.9. The Kier molecular flexibility index (Phi) is 5.31. The first-order valence-corrected chi connectivity index (χ1v) is 10.7. The molecular weight excluding hydrogens is 295 g/mol. The van der Waals surface area contributed by atoms with Crippen LogP contribution in [0.15, 0.2) is 40.7 Å². The summed E-state index contributed by atoms with van der Waals surface area (Å²) >= 11 is 0.270. The molecule has 17 heavy (non-hydrogen) atoms. The number of hydrogen-bond donors (Lipinski definition) is 0. The first-order chi connectivity index (χ1) is 7.92. The standard InChI is InChI=1S/C13H20O2SeSi/c1-11(13(14-2)15-17(3,4)5)16-12-9-7-6-8-10-12/h6-10H,1-5H3/b13-11-. The molecule has 2 nitrogen and oxygen atoms in total. The van der Waals surface area contributed by atoms with E-state index in [0.29, 0.717) is 5.95 Å². The molecule has 94 valence electrons. The van der Waals surface area contributed by atoms with Gasteiger partial charge in [-0.3, -0.25) is 0 Å². The van der Waals surface area contributed by atoms with Gasteiger partial charge < -0.3 is 0 Å². The Morgan fingerprint density at radius 2 is 1.71 bits per heavy atom. The Labute approximate surface area is 111 Å². The van der Waals surface area contributed by atoms with Crippen LogP contribution in [0.4, 0.5) is 0 Å².